The minimum atomic E-state index is 0.606. The highest BCUT2D eigenvalue weighted by molar-refractivity contribution is 5.84. The SMILES string of the molecule is c1ccc(COc2ccc3[nH]cc(CCCN4CCNCC4)c3c2)cc1. The molecule has 1 fully saturated rings. The number of benzene rings is 2. The van der Waals surface area contributed by atoms with E-state index in [9.17, 15) is 0 Å². The van der Waals surface area contributed by atoms with Crippen LogP contribution in [-0.2, 0) is 13.0 Å². The molecule has 4 heteroatoms. The van der Waals surface area contributed by atoms with Crippen molar-refractivity contribution in [1.29, 1.82) is 0 Å². The van der Waals surface area contributed by atoms with Gasteiger partial charge in [0.05, 0.1) is 0 Å². The van der Waals surface area contributed by atoms with Crippen molar-refractivity contribution >= 4 is 10.9 Å². The topological polar surface area (TPSA) is 40.3 Å². The fraction of sp³-hybridized carbons (Fsp3) is 0.364. The molecule has 1 aliphatic rings. The van der Waals surface area contributed by atoms with Gasteiger partial charge >= 0.3 is 0 Å². The van der Waals surface area contributed by atoms with Crippen molar-refractivity contribution in [1.82, 2.24) is 15.2 Å². The van der Waals surface area contributed by atoms with Gasteiger partial charge in [-0.1, -0.05) is 30.3 Å². The molecular formula is C22H27N3O. The molecule has 1 aliphatic heterocycles. The first-order chi connectivity index (χ1) is 12.9. The van der Waals surface area contributed by atoms with E-state index < -0.39 is 0 Å². The minimum absolute atomic E-state index is 0.606. The van der Waals surface area contributed by atoms with Gasteiger partial charge in [-0.25, -0.2) is 0 Å². The molecule has 136 valence electrons. The first-order valence-corrected chi connectivity index (χ1v) is 9.58. The van der Waals surface area contributed by atoms with Gasteiger partial charge in [0.2, 0.25) is 0 Å². The summed E-state index contributed by atoms with van der Waals surface area (Å²) in [6.07, 6.45) is 4.46. The average Bonchev–Trinajstić information content (AvgIpc) is 3.10. The number of fused-ring (bicyclic) bond motifs is 1. The van der Waals surface area contributed by atoms with Crippen molar-refractivity contribution in [2.24, 2.45) is 0 Å². The van der Waals surface area contributed by atoms with Crippen LogP contribution in [0.15, 0.2) is 54.7 Å². The lowest BCUT2D eigenvalue weighted by molar-refractivity contribution is 0.238. The highest BCUT2D eigenvalue weighted by Gasteiger charge is 2.10. The first-order valence-electron chi connectivity index (χ1n) is 9.58. The molecule has 0 saturated carbocycles. The summed E-state index contributed by atoms with van der Waals surface area (Å²) in [4.78, 5) is 5.95. The number of aromatic amines is 1. The summed E-state index contributed by atoms with van der Waals surface area (Å²) in [6, 6.07) is 16.7. The number of aryl methyl sites for hydroxylation is 1. The van der Waals surface area contributed by atoms with E-state index >= 15 is 0 Å². The normalized spacial score (nSPS) is 15.4. The summed E-state index contributed by atoms with van der Waals surface area (Å²) in [5, 5.41) is 4.70. The molecule has 1 saturated heterocycles. The van der Waals surface area contributed by atoms with Gasteiger partial charge in [-0.3, -0.25) is 0 Å². The number of ether oxygens (including phenoxy) is 1. The molecule has 26 heavy (non-hydrogen) atoms. The number of rotatable bonds is 7. The van der Waals surface area contributed by atoms with Crippen molar-refractivity contribution in [2.75, 3.05) is 32.7 Å². The summed E-state index contributed by atoms with van der Waals surface area (Å²) >= 11 is 0. The summed E-state index contributed by atoms with van der Waals surface area (Å²) in [5.74, 6) is 0.935. The summed E-state index contributed by atoms with van der Waals surface area (Å²) in [6.45, 7) is 6.37. The third kappa shape index (κ3) is 4.26. The van der Waals surface area contributed by atoms with E-state index in [1.54, 1.807) is 0 Å². The molecule has 2 aromatic carbocycles. The fourth-order valence-electron chi connectivity index (χ4n) is 3.62. The van der Waals surface area contributed by atoms with Crippen LogP contribution in [0.3, 0.4) is 0 Å². The van der Waals surface area contributed by atoms with Gasteiger partial charge in [-0.2, -0.15) is 0 Å². The largest absolute Gasteiger partial charge is 0.489 e. The lowest BCUT2D eigenvalue weighted by Gasteiger charge is -2.26. The molecule has 4 nitrogen and oxygen atoms in total. The van der Waals surface area contributed by atoms with E-state index in [0.717, 1.165) is 25.3 Å². The van der Waals surface area contributed by atoms with Crippen LogP contribution >= 0.6 is 0 Å². The standard InChI is InChI=1S/C22H27N3O/c1-2-5-18(6-3-1)17-26-20-8-9-22-21(15-20)19(16-24-22)7-4-12-25-13-10-23-11-14-25/h1-3,5-6,8-9,15-16,23-24H,4,7,10-14,17H2. The molecule has 4 rings (SSSR count). The summed E-state index contributed by atoms with van der Waals surface area (Å²) < 4.78 is 6.00. The zero-order valence-corrected chi connectivity index (χ0v) is 15.2. The lowest BCUT2D eigenvalue weighted by atomic mass is 10.1. The lowest BCUT2D eigenvalue weighted by Crippen LogP contribution is -2.43. The quantitative estimate of drug-likeness (QED) is 0.685. The predicted molar refractivity (Wildman–Crippen MR) is 107 cm³/mol. The number of nitrogens with zero attached hydrogens (tertiary/aromatic N) is 1. The molecule has 0 amide bonds. The molecule has 0 spiro atoms. The van der Waals surface area contributed by atoms with Crippen LogP contribution in [0.1, 0.15) is 17.5 Å². The number of piperazine rings is 1. The fourth-order valence-corrected chi connectivity index (χ4v) is 3.62. The molecule has 0 aliphatic carbocycles. The van der Waals surface area contributed by atoms with Crippen molar-refractivity contribution in [3.8, 4) is 5.75 Å². The van der Waals surface area contributed by atoms with Crippen LogP contribution < -0.4 is 10.1 Å². The first kappa shape index (κ1) is 17.1. The van der Waals surface area contributed by atoms with Crippen molar-refractivity contribution < 1.29 is 4.74 Å². The molecule has 0 unspecified atom stereocenters. The Labute approximate surface area is 155 Å². The highest BCUT2D eigenvalue weighted by Crippen LogP contribution is 2.25. The van der Waals surface area contributed by atoms with E-state index in [1.807, 2.05) is 24.3 Å². The van der Waals surface area contributed by atoms with Gasteiger partial charge in [-0.15, -0.1) is 0 Å². The molecule has 3 aromatic rings. The molecular weight excluding hydrogens is 322 g/mol. The minimum Gasteiger partial charge on any atom is -0.489 e. The van der Waals surface area contributed by atoms with Crippen LogP contribution in [0.25, 0.3) is 10.9 Å². The van der Waals surface area contributed by atoms with Gasteiger partial charge in [0, 0.05) is 43.3 Å². The number of H-pyrrole nitrogens is 1. The van der Waals surface area contributed by atoms with Gasteiger partial charge in [-0.05, 0) is 48.7 Å². The predicted octanol–water partition coefficient (Wildman–Crippen LogP) is 3.58. The maximum absolute atomic E-state index is 6.00. The van der Waals surface area contributed by atoms with Crippen LogP contribution in [0.2, 0.25) is 0 Å². The average molecular weight is 349 g/mol. The Kier molecular flexibility index (Phi) is 5.53. The summed E-state index contributed by atoms with van der Waals surface area (Å²) in [5.41, 5.74) is 3.77. The van der Waals surface area contributed by atoms with Crippen LogP contribution in [0, 0.1) is 0 Å². The Bertz CT molecular complexity index is 822. The second-order valence-electron chi connectivity index (χ2n) is 6.99. The van der Waals surface area contributed by atoms with E-state index in [-0.39, 0.29) is 0 Å². The van der Waals surface area contributed by atoms with E-state index in [2.05, 4.69) is 45.7 Å². The van der Waals surface area contributed by atoms with Gasteiger partial charge in [0.25, 0.3) is 0 Å². The molecule has 1 aromatic heterocycles. The smallest absolute Gasteiger partial charge is 0.120 e. The monoisotopic (exact) mass is 349 g/mol. The van der Waals surface area contributed by atoms with Crippen LogP contribution in [0.4, 0.5) is 0 Å². The Balaban J connectivity index is 1.37. The molecule has 0 atom stereocenters. The van der Waals surface area contributed by atoms with Crippen molar-refractivity contribution in [3.05, 3.63) is 65.9 Å². The second-order valence-corrected chi connectivity index (χ2v) is 6.99. The summed E-state index contributed by atoms with van der Waals surface area (Å²) in [7, 11) is 0. The van der Waals surface area contributed by atoms with E-state index in [1.165, 1.54) is 48.1 Å². The third-order valence-corrected chi connectivity index (χ3v) is 5.12. The Morgan fingerprint density at radius 3 is 2.69 bits per heavy atom. The molecule has 0 bridgehead atoms. The second kappa shape index (κ2) is 8.39. The Morgan fingerprint density at radius 2 is 1.85 bits per heavy atom. The molecule has 2 heterocycles. The van der Waals surface area contributed by atoms with Crippen LogP contribution in [-0.4, -0.2) is 42.6 Å². The maximum Gasteiger partial charge on any atom is 0.120 e. The Hall–Kier alpha value is -2.30. The molecule has 2 N–H and O–H groups in total. The highest BCUT2D eigenvalue weighted by atomic mass is 16.5. The van der Waals surface area contributed by atoms with Gasteiger partial charge < -0.3 is 19.9 Å². The van der Waals surface area contributed by atoms with E-state index in [4.69, 9.17) is 4.74 Å². The van der Waals surface area contributed by atoms with E-state index in [0.29, 0.717) is 6.61 Å². The number of nitrogens with one attached hydrogen (secondary N) is 2. The zero-order chi connectivity index (χ0) is 17.6. The number of hydrogen-bond acceptors (Lipinski definition) is 3. The third-order valence-electron chi connectivity index (χ3n) is 5.12. The van der Waals surface area contributed by atoms with Crippen LogP contribution in [0.5, 0.6) is 5.75 Å². The van der Waals surface area contributed by atoms with Gasteiger partial charge in [0.15, 0.2) is 0 Å². The zero-order valence-electron chi connectivity index (χ0n) is 15.2. The van der Waals surface area contributed by atoms with Crippen molar-refractivity contribution in [3.63, 3.8) is 0 Å². The number of hydrogen-bond donors (Lipinski definition) is 2. The van der Waals surface area contributed by atoms with Gasteiger partial charge in [0.1, 0.15) is 12.4 Å². The Morgan fingerprint density at radius 1 is 1.00 bits per heavy atom. The molecule has 0 radical (unpaired) electrons. The van der Waals surface area contributed by atoms with Crippen molar-refractivity contribution in [2.45, 2.75) is 19.4 Å². The maximum atomic E-state index is 6.00. The number of aromatic nitrogens is 1.